The van der Waals surface area contributed by atoms with Crippen LogP contribution in [-0.4, -0.2) is 22.1 Å². The van der Waals surface area contributed by atoms with E-state index in [9.17, 15) is 0 Å². The molecule has 1 N–H and O–H groups in total. The lowest BCUT2D eigenvalue weighted by Gasteiger charge is -2.23. The highest BCUT2D eigenvalue weighted by molar-refractivity contribution is 5.75. The fraction of sp³-hybridized carbons (Fsp3) is 0.462. The van der Waals surface area contributed by atoms with Crippen molar-refractivity contribution in [2.75, 3.05) is 7.05 Å². The summed E-state index contributed by atoms with van der Waals surface area (Å²) in [6.45, 7) is 4.41. The van der Waals surface area contributed by atoms with Crippen LogP contribution < -0.4 is 5.32 Å². The van der Waals surface area contributed by atoms with E-state index in [0.717, 1.165) is 11.9 Å². The van der Waals surface area contributed by atoms with Crippen LogP contribution in [0, 0.1) is 0 Å². The maximum absolute atomic E-state index is 4.38. The van der Waals surface area contributed by atoms with Gasteiger partial charge in [0.25, 0.3) is 0 Å². The Kier molecular flexibility index (Phi) is 2.72. The van der Waals surface area contributed by atoms with Crippen molar-refractivity contribution in [1.82, 2.24) is 14.9 Å². The van der Waals surface area contributed by atoms with Gasteiger partial charge in [0.1, 0.15) is 0 Å². The third-order valence-corrected chi connectivity index (χ3v) is 3.11. The molecule has 0 unspecified atom stereocenters. The fourth-order valence-corrected chi connectivity index (χ4v) is 1.89. The quantitative estimate of drug-likeness (QED) is 0.853. The number of nitrogens with one attached hydrogen (secondary N) is 1. The van der Waals surface area contributed by atoms with E-state index in [2.05, 4.69) is 42.3 Å². The van der Waals surface area contributed by atoms with Gasteiger partial charge in [-0.15, -0.1) is 0 Å². The first kappa shape index (κ1) is 11.1. The van der Waals surface area contributed by atoms with Crippen molar-refractivity contribution in [2.45, 2.75) is 25.8 Å². The number of hydrogen-bond acceptors (Lipinski definition) is 2. The molecule has 2 aromatic rings. The zero-order valence-corrected chi connectivity index (χ0v) is 10.4. The van der Waals surface area contributed by atoms with Crippen LogP contribution >= 0.6 is 0 Å². The summed E-state index contributed by atoms with van der Waals surface area (Å²) in [5, 5.41) is 3.32. The molecule has 0 aliphatic heterocycles. The lowest BCUT2D eigenvalue weighted by molar-refractivity contribution is 0.422. The van der Waals surface area contributed by atoms with Crippen LogP contribution in [0.5, 0.6) is 0 Å². The van der Waals surface area contributed by atoms with Crippen LogP contribution in [0.1, 0.15) is 19.4 Å². The van der Waals surface area contributed by atoms with Crippen LogP contribution in [0.3, 0.4) is 0 Å². The number of aryl methyl sites for hydroxylation is 1. The topological polar surface area (TPSA) is 29.9 Å². The Labute approximate surface area is 96.5 Å². The van der Waals surface area contributed by atoms with Gasteiger partial charge >= 0.3 is 0 Å². The van der Waals surface area contributed by atoms with E-state index < -0.39 is 0 Å². The molecular formula is C13H19N3. The van der Waals surface area contributed by atoms with Crippen molar-refractivity contribution in [2.24, 2.45) is 7.05 Å². The predicted molar refractivity (Wildman–Crippen MR) is 67.6 cm³/mol. The highest BCUT2D eigenvalue weighted by Gasteiger charge is 2.15. The molecule has 0 spiro atoms. The summed E-state index contributed by atoms with van der Waals surface area (Å²) in [5.74, 6) is 0. The van der Waals surface area contributed by atoms with Crippen molar-refractivity contribution in [3.8, 4) is 0 Å². The maximum Gasteiger partial charge on any atom is 0.0955 e. The van der Waals surface area contributed by atoms with Crippen LogP contribution in [-0.2, 0) is 13.5 Å². The molecule has 0 amide bonds. The highest BCUT2D eigenvalue weighted by atomic mass is 15.0. The predicted octanol–water partition coefficient (Wildman–Crippen LogP) is 2.11. The van der Waals surface area contributed by atoms with Gasteiger partial charge in [-0.3, -0.25) is 0 Å². The zero-order chi connectivity index (χ0) is 11.8. The number of fused-ring (bicyclic) bond motifs is 1. The van der Waals surface area contributed by atoms with Crippen LogP contribution in [0.25, 0.3) is 11.0 Å². The van der Waals surface area contributed by atoms with Gasteiger partial charge in [0, 0.05) is 12.6 Å². The SMILES string of the molecule is CNC(C)(C)Cc1ccc2c(c1)ncn2C. The Morgan fingerprint density at radius 2 is 2.12 bits per heavy atom. The van der Waals surface area contributed by atoms with Gasteiger partial charge in [-0.25, -0.2) is 4.98 Å². The van der Waals surface area contributed by atoms with Gasteiger partial charge in [-0.05, 0) is 45.0 Å². The fourth-order valence-electron chi connectivity index (χ4n) is 1.89. The van der Waals surface area contributed by atoms with Gasteiger partial charge in [-0.1, -0.05) is 6.07 Å². The second kappa shape index (κ2) is 3.91. The molecule has 3 heteroatoms. The average molecular weight is 217 g/mol. The molecule has 0 atom stereocenters. The normalized spacial score (nSPS) is 12.2. The third-order valence-electron chi connectivity index (χ3n) is 3.11. The largest absolute Gasteiger partial charge is 0.334 e. The molecule has 16 heavy (non-hydrogen) atoms. The van der Waals surface area contributed by atoms with E-state index in [0.29, 0.717) is 0 Å². The van der Waals surface area contributed by atoms with Crippen molar-refractivity contribution >= 4 is 11.0 Å². The van der Waals surface area contributed by atoms with E-state index in [4.69, 9.17) is 0 Å². The number of imidazole rings is 1. The van der Waals surface area contributed by atoms with Crippen LogP contribution in [0.2, 0.25) is 0 Å². The number of rotatable bonds is 3. The number of hydrogen-bond donors (Lipinski definition) is 1. The lowest BCUT2D eigenvalue weighted by Crippen LogP contribution is -2.38. The average Bonchev–Trinajstić information content (AvgIpc) is 2.60. The minimum absolute atomic E-state index is 0.127. The monoisotopic (exact) mass is 217 g/mol. The molecule has 0 radical (unpaired) electrons. The maximum atomic E-state index is 4.38. The van der Waals surface area contributed by atoms with Gasteiger partial charge in [0.05, 0.1) is 17.4 Å². The second-order valence-corrected chi connectivity index (χ2v) is 4.99. The summed E-state index contributed by atoms with van der Waals surface area (Å²) in [7, 11) is 4.02. The van der Waals surface area contributed by atoms with Crippen LogP contribution in [0.15, 0.2) is 24.5 Å². The zero-order valence-electron chi connectivity index (χ0n) is 10.4. The first-order chi connectivity index (χ1) is 7.52. The molecule has 3 nitrogen and oxygen atoms in total. The van der Waals surface area contributed by atoms with Crippen molar-refractivity contribution in [3.63, 3.8) is 0 Å². The summed E-state index contributed by atoms with van der Waals surface area (Å²) >= 11 is 0. The Bertz CT molecular complexity index is 497. The Hall–Kier alpha value is -1.35. The molecule has 0 aliphatic carbocycles. The van der Waals surface area contributed by atoms with Gasteiger partial charge < -0.3 is 9.88 Å². The molecule has 0 bridgehead atoms. The highest BCUT2D eigenvalue weighted by Crippen LogP contribution is 2.17. The number of nitrogens with zero attached hydrogens (tertiary/aromatic N) is 2. The Morgan fingerprint density at radius 3 is 2.81 bits per heavy atom. The third kappa shape index (κ3) is 2.09. The van der Waals surface area contributed by atoms with E-state index in [1.54, 1.807) is 0 Å². The minimum Gasteiger partial charge on any atom is -0.334 e. The minimum atomic E-state index is 0.127. The van der Waals surface area contributed by atoms with Crippen LogP contribution in [0.4, 0.5) is 0 Å². The van der Waals surface area contributed by atoms with E-state index in [1.807, 2.05) is 25.0 Å². The summed E-state index contributed by atoms with van der Waals surface area (Å²) in [4.78, 5) is 4.38. The summed E-state index contributed by atoms with van der Waals surface area (Å²) in [5.41, 5.74) is 3.71. The van der Waals surface area contributed by atoms with Gasteiger partial charge in [0.15, 0.2) is 0 Å². The molecule has 1 aromatic heterocycles. The summed E-state index contributed by atoms with van der Waals surface area (Å²) in [6.07, 6.45) is 2.87. The van der Waals surface area contributed by atoms with Crippen molar-refractivity contribution < 1.29 is 0 Å². The van der Waals surface area contributed by atoms with E-state index in [-0.39, 0.29) is 5.54 Å². The van der Waals surface area contributed by atoms with Crippen molar-refractivity contribution in [1.29, 1.82) is 0 Å². The summed E-state index contributed by atoms with van der Waals surface area (Å²) < 4.78 is 2.04. The first-order valence-electron chi connectivity index (χ1n) is 5.61. The standard InChI is InChI=1S/C13H19N3/c1-13(2,14-3)8-10-5-6-12-11(7-10)15-9-16(12)4/h5-7,9,14H,8H2,1-4H3. The Morgan fingerprint density at radius 1 is 1.38 bits per heavy atom. The molecule has 1 heterocycles. The molecule has 0 aliphatic rings. The molecule has 2 rings (SSSR count). The number of aromatic nitrogens is 2. The van der Waals surface area contributed by atoms with Crippen molar-refractivity contribution in [3.05, 3.63) is 30.1 Å². The molecule has 0 fully saturated rings. The van der Waals surface area contributed by atoms with E-state index >= 15 is 0 Å². The summed E-state index contributed by atoms with van der Waals surface area (Å²) in [6, 6.07) is 6.50. The van der Waals surface area contributed by atoms with E-state index in [1.165, 1.54) is 11.1 Å². The molecule has 0 saturated heterocycles. The molecular weight excluding hydrogens is 198 g/mol. The molecule has 86 valence electrons. The van der Waals surface area contributed by atoms with Gasteiger partial charge in [0.2, 0.25) is 0 Å². The second-order valence-electron chi connectivity index (χ2n) is 4.99. The first-order valence-corrected chi connectivity index (χ1v) is 5.61. The molecule has 0 saturated carbocycles. The lowest BCUT2D eigenvalue weighted by atomic mass is 9.95. The smallest absolute Gasteiger partial charge is 0.0955 e. The Balaban J connectivity index is 2.33. The number of likely N-dealkylation sites (N-methyl/N-ethyl adjacent to an activating group) is 1. The molecule has 1 aromatic carbocycles. The number of benzene rings is 1. The van der Waals surface area contributed by atoms with Gasteiger partial charge in [-0.2, -0.15) is 0 Å².